The summed E-state index contributed by atoms with van der Waals surface area (Å²) in [5.41, 5.74) is 3.31. The van der Waals surface area contributed by atoms with Crippen LogP contribution < -0.4 is 14.4 Å². The van der Waals surface area contributed by atoms with Gasteiger partial charge >= 0.3 is 0 Å². The van der Waals surface area contributed by atoms with E-state index < -0.39 is 0 Å². The third-order valence-corrected chi connectivity index (χ3v) is 6.80. The van der Waals surface area contributed by atoms with Gasteiger partial charge in [0.2, 0.25) is 0 Å². The number of aromatic nitrogens is 1. The summed E-state index contributed by atoms with van der Waals surface area (Å²) in [5, 5.41) is 0.709. The number of hydrogen-bond donors (Lipinski definition) is 0. The Morgan fingerprint density at radius 2 is 1.97 bits per heavy atom. The van der Waals surface area contributed by atoms with Gasteiger partial charge in [-0.1, -0.05) is 23.5 Å². The molecular formula is C24H29N3O4S. The second-order valence-electron chi connectivity index (χ2n) is 7.82. The highest BCUT2D eigenvalue weighted by Gasteiger charge is 2.23. The lowest BCUT2D eigenvalue weighted by Crippen LogP contribution is -2.44. The van der Waals surface area contributed by atoms with Crippen LogP contribution in [-0.2, 0) is 9.53 Å². The molecule has 1 aromatic heterocycles. The molecular weight excluding hydrogens is 426 g/mol. The summed E-state index contributed by atoms with van der Waals surface area (Å²) in [6, 6.07) is 11.5. The van der Waals surface area contributed by atoms with Crippen molar-refractivity contribution in [2.24, 2.45) is 0 Å². The van der Waals surface area contributed by atoms with Crippen molar-refractivity contribution < 1.29 is 19.0 Å². The minimum Gasteiger partial charge on any atom is -0.497 e. The minimum absolute atomic E-state index is 0.0653. The number of aryl methyl sites for hydroxylation is 2. The number of hydrogen-bond acceptors (Lipinski definition) is 7. The van der Waals surface area contributed by atoms with Crippen molar-refractivity contribution in [3.05, 3.63) is 47.5 Å². The Bertz CT molecular complexity index is 1080. The summed E-state index contributed by atoms with van der Waals surface area (Å²) in [4.78, 5) is 22.2. The van der Waals surface area contributed by atoms with Gasteiger partial charge in [-0.25, -0.2) is 4.98 Å². The number of ether oxygens (including phenoxy) is 3. The summed E-state index contributed by atoms with van der Waals surface area (Å²) in [6.45, 7) is 8.62. The molecule has 3 aromatic rings. The first-order valence-electron chi connectivity index (χ1n) is 10.8. The molecule has 2 heterocycles. The number of carbonyl (C=O) groups is 1. The van der Waals surface area contributed by atoms with E-state index in [1.165, 1.54) is 5.56 Å². The lowest BCUT2D eigenvalue weighted by Gasteiger charge is -2.29. The number of rotatable bonds is 8. The van der Waals surface area contributed by atoms with Crippen LogP contribution >= 0.6 is 11.3 Å². The molecule has 0 radical (unpaired) electrons. The van der Waals surface area contributed by atoms with Crippen LogP contribution in [0.15, 0.2) is 36.4 Å². The van der Waals surface area contributed by atoms with E-state index in [2.05, 4.69) is 30.9 Å². The standard InChI is InChI=1S/C24H29N3O4S/c1-17-7-8-21-23(18(17)2)25-24(32-21)27(10-9-26-11-13-30-14-12-26)22(28)16-31-20-6-4-5-19(15-20)29-3/h4-8,15H,9-14,16H2,1-3H3. The van der Waals surface area contributed by atoms with E-state index in [1.807, 2.05) is 18.2 Å². The van der Waals surface area contributed by atoms with E-state index in [1.54, 1.807) is 29.4 Å². The summed E-state index contributed by atoms with van der Waals surface area (Å²) in [6.07, 6.45) is 0. The topological polar surface area (TPSA) is 64.1 Å². The maximum absolute atomic E-state index is 13.3. The number of methoxy groups -OCH3 is 1. The van der Waals surface area contributed by atoms with Crippen molar-refractivity contribution in [2.45, 2.75) is 13.8 Å². The molecule has 0 N–H and O–H groups in total. The van der Waals surface area contributed by atoms with Gasteiger partial charge in [0.25, 0.3) is 5.91 Å². The van der Waals surface area contributed by atoms with Gasteiger partial charge in [0.05, 0.1) is 30.5 Å². The van der Waals surface area contributed by atoms with Crippen LogP contribution in [-0.4, -0.2) is 68.9 Å². The highest BCUT2D eigenvalue weighted by molar-refractivity contribution is 7.22. The number of fused-ring (bicyclic) bond motifs is 1. The number of thiazole rings is 1. The average molecular weight is 456 g/mol. The second kappa shape index (κ2) is 10.3. The summed E-state index contributed by atoms with van der Waals surface area (Å²) >= 11 is 1.55. The zero-order valence-electron chi connectivity index (χ0n) is 18.8. The van der Waals surface area contributed by atoms with Crippen molar-refractivity contribution in [1.82, 2.24) is 9.88 Å². The van der Waals surface area contributed by atoms with E-state index in [-0.39, 0.29) is 12.5 Å². The molecule has 170 valence electrons. The predicted molar refractivity (Wildman–Crippen MR) is 127 cm³/mol. The van der Waals surface area contributed by atoms with E-state index in [0.717, 1.165) is 48.6 Å². The number of carbonyl (C=O) groups excluding carboxylic acids is 1. The molecule has 1 aliphatic rings. The molecule has 4 rings (SSSR count). The fourth-order valence-corrected chi connectivity index (χ4v) is 4.71. The van der Waals surface area contributed by atoms with E-state index >= 15 is 0 Å². The van der Waals surface area contributed by atoms with Crippen molar-refractivity contribution >= 4 is 32.6 Å². The molecule has 8 heteroatoms. The number of nitrogens with zero attached hydrogens (tertiary/aromatic N) is 3. The van der Waals surface area contributed by atoms with Gasteiger partial charge in [0, 0.05) is 32.2 Å². The number of amides is 1. The summed E-state index contributed by atoms with van der Waals surface area (Å²) in [5.74, 6) is 1.17. The van der Waals surface area contributed by atoms with Gasteiger partial charge in [-0.05, 0) is 43.2 Å². The maximum Gasteiger partial charge on any atom is 0.266 e. The quantitative estimate of drug-likeness (QED) is 0.517. The fraction of sp³-hybridized carbons (Fsp3) is 0.417. The number of morpholine rings is 1. The van der Waals surface area contributed by atoms with Gasteiger partial charge < -0.3 is 14.2 Å². The lowest BCUT2D eigenvalue weighted by atomic mass is 10.1. The minimum atomic E-state index is -0.116. The van der Waals surface area contributed by atoms with Crippen LogP contribution in [0.5, 0.6) is 11.5 Å². The largest absolute Gasteiger partial charge is 0.497 e. The van der Waals surface area contributed by atoms with Crippen LogP contribution in [0.4, 0.5) is 5.13 Å². The zero-order chi connectivity index (χ0) is 22.5. The SMILES string of the molecule is COc1cccc(OCC(=O)N(CCN2CCOCC2)c2nc3c(C)c(C)ccc3s2)c1. The van der Waals surface area contributed by atoms with E-state index in [0.29, 0.717) is 23.2 Å². The Morgan fingerprint density at radius 1 is 1.19 bits per heavy atom. The predicted octanol–water partition coefficient (Wildman–Crippen LogP) is 3.67. The highest BCUT2D eigenvalue weighted by atomic mass is 32.1. The molecule has 1 fully saturated rings. The molecule has 32 heavy (non-hydrogen) atoms. The van der Waals surface area contributed by atoms with Crippen molar-refractivity contribution in [3.8, 4) is 11.5 Å². The Labute approximate surface area is 192 Å². The van der Waals surface area contributed by atoms with Crippen molar-refractivity contribution in [1.29, 1.82) is 0 Å². The Hall–Kier alpha value is -2.68. The van der Waals surface area contributed by atoms with E-state index in [9.17, 15) is 4.79 Å². The van der Waals surface area contributed by atoms with Gasteiger partial charge in [-0.15, -0.1) is 0 Å². The van der Waals surface area contributed by atoms with Crippen LogP contribution in [0.3, 0.4) is 0 Å². The van der Waals surface area contributed by atoms with E-state index in [4.69, 9.17) is 19.2 Å². The van der Waals surface area contributed by atoms with Crippen LogP contribution in [0.1, 0.15) is 11.1 Å². The number of benzene rings is 2. The molecule has 0 saturated carbocycles. The normalized spacial score (nSPS) is 14.5. The van der Waals surface area contributed by atoms with Gasteiger partial charge in [-0.3, -0.25) is 14.6 Å². The molecule has 1 aliphatic heterocycles. The smallest absolute Gasteiger partial charge is 0.266 e. The first-order chi connectivity index (χ1) is 15.5. The first kappa shape index (κ1) is 22.5. The fourth-order valence-electron chi connectivity index (χ4n) is 3.64. The van der Waals surface area contributed by atoms with Gasteiger partial charge in [0.15, 0.2) is 11.7 Å². The zero-order valence-corrected chi connectivity index (χ0v) is 19.6. The molecule has 0 bridgehead atoms. The van der Waals surface area contributed by atoms with Crippen molar-refractivity contribution in [2.75, 3.05) is 58.0 Å². The van der Waals surface area contributed by atoms with Gasteiger partial charge in [-0.2, -0.15) is 0 Å². The molecule has 0 unspecified atom stereocenters. The third kappa shape index (κ3) is 5.20. The monoisotopic (exact) mass is 455 g/mol. The lowest BCUT2D eigenvalue weighted by molar-refractivity contribution is -0.120. The Kier molecular flexibility index (Phi) is 7.24. The molecule has 0 atom stereocenters. The van der Waals surface area contributed by atoms with Crippen molar-refractivity contribution in [3.63, 3.8) is 0 Å². The summed E-state index contributed by atoms with van der Waals surface area (Å²) in [7, 11) is 1.61. The summed E-state index contributed by atoms with van der Waals surface area (Å²) < 4.78 is 17.6. The first-order valence-corrected chi connectivity index (χ1v) is 11.6. The molecule has 0 aliphatic carbocycles. The number of anilines is 1. The molecule has 0 spiro atoms. The molecule has 2 aromatic carbocycles. The maximum atomic E-state index is 13.3. The molecule has 1 saturated heterocycles. The Balaban J connectivity index is 1.53. The molecule has 1 amide bonds. The average Bonchev–Trinajstić information content (AvgIpc) is 3.26. The van der Waals surface area contributed by atoms with Crippen LogP contribution in [0.2, 0.25) is 0 Å². The van der Waals surface area contributed by atoms with Crippen LogP contribution in [0, 0.1) is 13.8 Å². The highest BCUT2D eigenvalue weighted by Crippen LogP contribution is 2.32. The van der Waals surface area contributed by atoms with Crippen LogP contribution in [0.25, 0.3) is 10.2 Å². The third-order valence-electron chi connectivity index (χ3n) is 5.75. The molecule has 7 nitrogen and oxygen atoms in total. The van der Waals surface area contributed by atoms with Gasteiger partial charge in [0.1, 0.15) is 11.5 Å². The Morgan fingerprint density at radius 3 is 2.75 bits per heavy atom. The second-order valence-corrected chi connectivity index (χ2v) is 8.83.